The number of esters is 4. The molecule has 578 valence electrons. The van der Waals surface area contributed by atoms with Gasteiger partial charge in [0.05, 0.1) is 26.4 Å². The first-order chi connectivity index (χ1) is 48.7. The van der Waals surface area contributed by atoms with Crippen molar-refractivity contribution in [3.63, 3.8) is 0 Å². The summed E-state index contributed by atoms with van der Waals surface area (Å²) in [5.41, 5.74) is 0. The Morgan fingerprint density at radius 1 is 0.290 bits per heavy atom. The van der Waals surface area contributed by atoms with E-state index >= 15 is 0 Å². The van der Waals surface area contributed by atoms with E-state index in [1.807, 2.05) is 18.2 Å². The molecule has 0 aromatic carbocycles. The van der Waals surface area contributed by atoms with Crippen molar-refractivity contribution < 1.29 is 80.2 Å². The highest BCUT2D eigenvalue weighted by atomic mass is 31.2. The normalized spacial score (nSPS) is 14.4. The molecule has 0 amide bonds. The molecule has 0 spiro atoms. The van der Waals surface area contributed by atoms with Crippen molar-refractivity contribution in [3.8, 4) is 0 Å². The number of hydrogen-bond acceptors (Lipinski definition) is 15. The van der Waals surface area contributed by atoms with Crippen LogP contribution in [-0.2, 0) is 65.4 Å². The van der Waals surface area contributed by atoms with Crippen LogP contribution < -0.4 is 0 Å². The van der Waals surface area contributed by atoms with Gasteiger partial charge in [0, 0.05) is 25.7 Å². The summed E-state index contributed by atoms with van der Waals surface area (Å²) in [6.07, 6.45) is 76.9. The largest absolute Gasteiger partial charge is 0.472 e. The second-order valence-electron chi connectivity index (χ2n) is 26.3. The molecule has 0 radical (unpaired) electrons. The Balaban J connectivity index is 5.38. The topological polar surface area (TPSA) is 237 Å². The molecule has 0 saturated carbocycles. The summed E-state index contributed by atoms with van der Waals surface area (Å²) >= 11 is 0. The third-order valence-corrected chi connectivity index (χ3v) is 18.5. The molecule has 0 aliphatic rings. The quantitative estimate of drug-likeness (QED) is 0.0169. The number of phosphoric acid groups is 2. The van der Waals surface area contributed by atoms with E-state index in [2.05, 4.69) is 107 Å². The molecule has 17 nitrogen and oxygen atoms in total. The first kappa shape index (κ1) is 96.0. The van der Waals surface area contributed by atoms with Gasteiger partial charge in [0.2, 0.25) is 0 Å². The maximum atomic E-state index is 13.1. The third-order valence-electron chi connectivity index (χ3n) is 16.6. The van der Waals surface area contributed by atoms with Crippen LogP contribution >= 0.6 is 15.6 Å². The first-order valence-corrected chi connectivity index (χ1v) is 42.5. The fourth-order valence-electron chi connectivity index (χ4n) is 10.6. The van der Waals surface area contributed by atoms with Crippen molar-refractivity contribution in [2.24, 2.45) is 0 Å². The molecule has 0 saturated heterocycles. The monoisotopic (exact) mass is 1450 g/mol. The van der Waals surface area contributed by atoms with Gasteiger partial charge < -0.3 is 33.8 Å². The minimum Gasteiger partial charge on any atom is -0.462 e. The smallest absolute Gasteiger partial charge is 0.462 e. The number of carbonyl (C=O) groups excluding carboxylic acids is 4. The molecule has 3 N–H and O–H groups in total. The lowest BCUT2D eigenvalue weighted by Gasteiger charge is -2.21. The second kappa shape index (κ2) is 73.3. The van der Waals surface area contributed by atoms with E-state index in [-0.39, 0.29) is 25.7 Å². The Bertz CT molecular complexity index is 2270. The number of phosphoric ester groups is 2. The predicted molar refractivity (Wildman–Crippen MR) is 409 cm³/mol. The van der Waals surface area contributed by atoms with Gasteiger partial charge in [-0.25, -0.2) is 9.13 Å². The molecule has 5 atom stereocenters. The van der Waals surface area contributed by atoms with Gasteiger partial charge in [0.1, 0.15) is 19.3 Å². The summed E-state index contributed by atoms with van der Waals surface area (Å²) < 4.78 is 68.5. The Morgan fingerprint density at radius 3 is 0.900 bits per heavy atom. The van der Waals surface area contributed by atoms with E-state index in [1.54, 1.807) is 0 Å². The number of rotatable bonds is 74. The number of unbranched alkanes of at least 4 members (excludes halogenated alkanes) is 32. The van der Waals surface area contributed by atoms with Gasteiger partial charge in [0.15, 0.2) is 12.2 Å². The van der Waals surface area contributed by atoms with Crippen LogP contribution in [0, 0.1) is 0 Å². The summed E-state index contributed by atoms with van der Waals surface area (Å²) in [6.45, 7) is 4.64. The lowest BCUT2D eigenvalue weighted by atomic mass is 10.0. The molecule has 0 aromatic rings. The summed E-state index contributed by atoms with van der Waals surface area (Å²) in [5.74, 6) is -2.27. The highest BCUT2D eigenvalue weighted by Gasteiger charge is 2.30. The zero-order valence-corrected chi connectivity index (χ0v) is 64.9. The van der Waals surface area contributed by atoms with Crippen molar-refractivity contribution >= 4 is 39.5 Å². The summed E-state index contributed by atoms with van der Waals surface area (Å²) in [5, 5.41) is 10.6. The molecular formula is C81H142O17P2. The molecule has 0 fully saturated rings. The fraction of sp³-hybridized carbons (Fsp3) is 0.753. The van der Waals surface area contributed by atoms with Gasteiger partial charge in [-0.05, 0) is 89.9 Å². The van der Waals surface area contributed by atoms with E-state index < -0.39 is 97.5 Å². The summed E-state index contributed by atoms with van der Waals surface area (Å²) in [7, 11) is -9.97. The summed E-state index contributed by atoms with van der Waals surface area (Å²) in [6, 6.07) is 0. The van der Waals surface area contributed by atoms with Crippen LogP contribution in [0.3, 0.4) is 0 Å². The SMILES string of the molecule is CC/C=C\C/C=C\C/C=C\C/C=C\C/C=C\C/C=C\CCC(=O)OCC(COP(=O)(O)OCC(O)COP(=O)(O)OCC(COC(=O)CCCCCCCCCCCCCCCCC)OC(=O)CCCCCCC/C=C\C/C=C\CCC)OC(=O)CCCCCCCCCCCCCCC. The molecule has 19 heteroatoms. The highest BCUT2D eigenvalue weighted by Crippen LogP contribution is 2.45. The van der Waals surface area contributed by atoms with Gasteiger partial charge in [-0.3, -0.25) is 37.3 Å². The fourth-order valence-corrected chi connectivity index (χ4v) is 12.2. The van der Waals surface area contributed by atoms with E-state index in [1.165, 1.54) is 122 Å². The molecule has 0 rings (SSSR count). The van der Waals surface area contributed by atoms with Crippen LogP contribution in [0.2, 0.25) is 0 Å². The Hall–Kier alpha value is -4.02. The molecule has 0 bridgehead atoms. The number of aliphatic hydroxyl groups excluding tert-OH is 1. The zero-order valence-electron chi connectivity index (χ0n) is 63.1. The lowest BCUT2D eigenvalue weighted by molar-refractivity contribution is -0.161. The van der Waals surface area contributed by atoms with Gasteiger partial charge in [-0.1, -0.05) is 318 Å². The Kier molecular flexibility index (Phi) is 70.4. The number of ether oxygens (including phenoxy) is 4. The minimum absolute atomic E-state index is 0.0380. The van der Waals surface area contributed by atoms with E-state index in [0.717, 1.165) is 128 Å². The second-order valence-corrected chi connectivity index (χ2v) is 29.2. The molecule has 0 aromatic heterocycles. The molecular weight excluding hydrogens is 1310 g/mol. The van der Waals surface area contributed by atoms with Crippen LogP contribution in [0.5, 0.6) is 0 Å². The van der Waals surface area contributed by atoms with Crippen molar-refractivity contribution in [2.75, 3.05) is 39.6 Å². The number of carbonyl (C=O) groups is 4. The zero-order chi connectivity index (χ0) is 73.2. The van der Waals surface area contributed by atoms with E-state index in [0.29, 0.717) is 32.1 Å². The van der Waals surface area contributed by atoms with E-state index in [4.69, 9.17) is 37.0 Å². The average Bonchev–Trinajstić information content (AvgIpc) is 0.935. The van der Waals surface area contributed by atoms with Crippen LogP contribution in [0.15, 0.2) is 97.2 Å². The number of allylic oxidation sites excluding steroid dienone is 16. The van der Waals surface area contributed by atoms with Gasteiger partial charge >= 0.3 is 39.5 Å². The standard InChI is InChI=1S/C81H142O17P2/c1-5-9-13-17-21-25-29-33-35-36-37-38-40-44-46-50-54-58-62-66-79(84)92-72-77(98-81(86)68-64-60-56-52-48-42-32-28-24-20-16-12-8-4)74-96-100(89,90)94-70-75(82)69-93-99(87,88)95-73-76(97-80(85)67-63-59-55-51-47-41-31-27-23-19-15-11-7-3)71-91-78(83)65-61-57-53-49-45-43-39-34-30-26-22-18-14-10-6-2/h9,13,15,19,21,25,27,31,33,35,37-38,44,46,54,58,75-77,82H,5-8,10-12,14,16-18,20,22-24,26,28-30,32,34,36,39-43,45,47-53,55-57,59-74H2,1-4H3,(H,87,88)(H,89,90)/b13-9-,19-15-,25-21-,31-27-,35-33-,38-37-,46-44-,58-54-. The van der Waals surface area contributed by atoms with Crippen LogP contribution in [0.1, 0.15) is 336 Å². The molecule has 0 aliphatic heterocycles. The van der Waals surface area contributed by atoms with Crippen molar-refractivity contribution in [1.82, 2.24) is 0 Å². The van der Waals surface area contributed by atoms with Gasteiger partial charge in [0.25, 0.3) is 0 Å². The van der Waals surface area contributed by atoms with Crippen LogP contribution in [0.25, 0.3) is 0 Å². The minimum atomic E-state index is -4.99. The molecule has 100 heavy (non-hydrogen) atoms. The molecule has 5 unspecified atom stereocenters. The lowest BCUT2D eigenvalue weighted by Crippen LogP contribution is -2.30. The number of aliphatic hydroxyl groups is 1. The third kappa shape index (κ3) is 72.3. The summed E-state index contributed by atoms with van der Waals surface area (Å²) in [4.78, 5) is 72.9. The maximum Gasteiger partial charge on any atom is 0.472 e. The average molecular weight is 1450 g/mol. The Labute approximate surface area is 607 Å². The van der Waals surface area contributed by atoms with Crippen molar-refractivity contribution in [3.05, 3.63) is 97.2 Å². The first-order valence-electron chi connectivity index (χ1n) is 39.5. The van der Waals surface area contributed by atoms with Gasteiger partial charge in [-0.15, -0.1) is 0 Å². The Morgan fingerprint density at radius 2 is 0.560 bits per heavy atom. The van der Waals surface area contributed by atoms with Gasteiger partial charge in [-0.2, -0.15) is 0 Å². The molecule has 0 heterocycles. The van der Waals surface area contributed by atoms with E-state index in [9.17, 15) is 43.2 Å². The molecule has 0 aliphatic carbocycles. The van der Waals surface area contributed by atoms with Crippen LogP contribution in [-0.4, -0.2) is 96.7 Å². The maximum absolute atomic E-state index is 13.1. The highest BCUT2D eigenvalue weighted by molar-refractivity contribution is 7.47. The number of hydrogen-bond donors (Lipinski definition) is 3. The van der Waals surface area contributed by atoms with Crippen LogP contribution in [0.4, 0.5) is 0 Å². The van der Waals surface area contributed by atoms with Crippen molar-refractivity contribution in [2.45, 2.75) is 354 Å². The van der Waals surface area contributed by atoms with Crippen molar-refractivity contribution in [1.29, 1.82) is 0 Å². The predicted octanol–water partition coefficient (Wildman–Crippen LogP) is 22.8.